The molecule has 1 aromatic heterocycles. The van der Waals surface area contributed by atoms with Gasteiger partial charge in [-0.15, -0.1) is 11.3 Å². The molecule has 0 atom stereocenters. The van der Waals surface area contributed by atoms with Crippen LogP contribution in [0.3, 0.4) is 0 Å². The zero-order valence-corrected chi connectivity index (χ0v) is 10.1. The predicted octanol–water partition coefficient (Wildman–Crippen LogP) is 2.24. The molecule has 0 saturated heterocycles. The first-order chi connectivity index (χ1) is 7.19. The summed E-state index contributed by atoms with van der Waals surface area (Å²) in [7, 11) is 0. The Hall–Kier alpha value is -1.35. The van der Waals surface area contributed by atoms with E-state index in [-0.39, 0.29) is 0 Å². The van der Waals surface area contributed by atoms with Crippen LogP contribution in [0.1, 0.15) is 30.4 Å². The fraction of sp³-hybridized carbons (Fsp3) is 0.250. The van der Waals surface area contributed by atoms with E-state index in [0.29, 0.717) is 4.88 Å². The molecule has 1 heterocycles. The van der Waals surface area contributed by atoms with Gasteiger partial charge in [0, 0.05) is 4.53 Å². The molecule has 0 bridgehead atoms. The van der Waals surface area contributed by atoms with E-state index in [1.165, 1.54) is 11.3 Å². The summed E-state index contributed by atoms with van der Waals surface area (Å²) < 4.78 is 0.970. The molecule has 1 rings (SSSR count). The standard InChI is InChI=1S/C10H10O2S.C2H6/c1-3-5-7-6-9(10(11)12)13-8(7)4-2;1-2/h3-6H,1H2,2H3,(H,11,12);1-2H3/b7-5-,8-4+;. The summed E-state index contributed by atoms with van der Waals surface area (Å²) in [4.78, 5) is 11.0. The molecule has 0 amide bonds. The second-order valence-corrected chi connectivity index (χ2v) is 3.51. The lowest BCUT2D eigenvalue weighted by atomic mass is 10.3. The molecule has 1 N–H and O–H groups in total. The second kappa shape index (κ2) is 7.01. The monoisotopic (exact) mass is 224 g/mol. The van der Waals surface area contributed by atoms with Crippen LogP contribution in [0.25, 0.3) is 12.2 Å². The maximum atomic E-state index is 10.6. The molecule has 2 nitrogen and oxygen atoms in total. The highest BCUT2D eigenvalue weighted by Gasteiger charge is 2.04. The van der Waals surface area contributed by atoms with Crippen LogP contribution in [0.4, 0.5) is 0 Å². The van der Waals surface area contributed by atoms with Crippen molar-refractivity contribution in [3.63, 3.8) is 0 Å². The Labute approximate surface area is 93.9 Å². The third-order valence-corrected chi connectivity index (χ3v) is 2.77. The van der Waals surface area contributed by atoms with Crippen LogP contribution in [0, 0.1) is 0 Å². The van der Waals surface area contributed by atoms with Crippen LogP contribution < -0.4 is 9.75 Å². The van der Waals surface area contributed by atoms with Crippen molar-refractivity contribution in [2.24, 2.45) is 0 Å². The number of carbonyl (C=O) groups is 1. The van der Waals surface area contributed by atoms with Gasteiger partial charge in [-0.1, -0.05) is 38.7 Å². The van der Waals surface area contributed by atoms with Gasteiger partial charge in [0.25, 0.3) is 0 Å². The first-order valence-corrected chi connectivity index (χ1v) is 5.63. The van der Waals surface area contributed by atoms with Gasteiger partial charge in [0.15, 0.2) is 0 Å². The molecule has 15 heavy (non-hydrogen) atoms. The molecule has 0 aliphatic rings. The summed E-state index contributed by atoms with van der Waals surface area (Å²) in [6, 6.07) is 1.66. The number of rotatable bonds is 2. The molecule has 0 aromatic carbocycles. The van der Waals surface area contributed by atoms with Gasteiger partial charge >= 0.3 is 5.97 Å². The van der Waals surface area contributed by atoms with Gasteiger partial charge in [0.2, 0.25) is 0 Å². The molecular formula is C12H16O2S. The van der Waals surface area contributed by atoms with Crippen molar-refractivity contribution in [1.82, 2.24) is 0 Å². The summed E-state index contributed by atoms with van der Waals surface area (Å²) in [6.45, 7) is 9.46. The lowest BCUT2D eigenvalue weighted by Crippen LogP contribution is -2.16. The van der Waals surface area contributed by atoms with Crippen molar-refractivity contribution in [2.45, 2.75) is 20.8 Å². The average molecular weight is 224 g/mol. The highest BCUT2D eigenvalue weighted by molar-refractivity contribution is 7.11. The highest BCUT2D eigenvalue weighted by Crippen LogP contribution is 1.98. The van der Waals surface area contributed by atoms with Crippen LogP contribution in [0.15, 0.2) is 18.7 Å². The van der Waals surface area contributed by atoms with Crippen LogP contribution in [-0.4, -0.2) is 11.1 Å². The largest absolute Gasteiger partial charge is 0.477 e. The van der Waals surface area contributed by atoms with Crippen molar-refractivity contribution < 1.29 is 9.90 Å². The first-order valence-electron chi connectivity index (χ1n) is 4.81. The smallest absolute Gasteiger partial charge is 0.345 e. The molecule has 0 radical (unpaired) electrons. The SMILES string of the molecule is C=C/C=c1/cc(C(=O)O)s/c1=C/C.CC. The lowest BCUT2D eigenvalue weighted by Gasteiger charge is -1.79. The van der Waals surface area contributed by atoms with Gasteiger partial charge in [-0.3, -0.25) is 0 Å². The normalized spacial score (nSPS) is 11.9. The third-order valence-electron chi connectivity index (χ3n) is 1.56. The molecule has 0 aliphatic heterocycles. The number of aromatic carboxylic acids is 1. The Morgan fingerprint density at radius 3 is 2.53 bits per heavy atom. The summed E-state index contributed by atoms with van der Waals surface area (Å²) in [5.41, 5.74) is 0. The van der Waals surface area contributed by atoms with E-state index < -0.39 is 5.97 Å². The van der Waals surface area contributed by atoms with Crippen molar-refractivity contribution in [3.8, 4) is 0 Å². The van der Waals surface area contributed by atoms with E-state index >= 15 is 0 Å². The van der Waals surface area contributed by atoms with Gasteiger partial charge in [-0.25, -0.2) is 4.79 Å². The second-order valence-electron chi connectivity index (χ2n) is 2.43. The predicted molar refractivity (Wildman–Crippen MR) is 66.7 cm³/mol. The molecule has 0 unspecified atom stereocenters. The van der Waals surface area contributed by atoms with Gasteiger partial charge in [0.05, 0.1) is 0 Å². The molecule has 82 valence electrons. The van der Waals surface area contributed by atoms with Crippen LogP contribution in [-0.2, 0) is 0 Å². The van der Waals surface area contributed by atoms with Gasteiger partial charge in [-0.2, -0.15) is 0 Å². The minimum Gasteiger partial charge on any atom is -0.477 e. The van der Waals surface area contributed by atoms with Gasteiger partial charge in [0.1, 0.15) is 4.88 Å². The molecule has 1 aromatic rings. The van der Waals surface area contributed by atoms with Gasteiger partial charge < -0.3 is 5.11 Å². The van der Waals surface area contributed by atoms with Crippen molar-refractivity contribution >= 4 is 29.5 Å². The zero-order valence-electron chi connectivity index (χ0n) is 9.28. The Kier molecular flexibility index (Phi) is 6.38. The van der Waals surface area contributed by atoms with E-state index in [4.69, 9.17) is 5.11 Å². The minimum atomic E-state index is -0.878. The Bertz CT molecular complexity index is 441. The summed E-state index contributed by atoms with van der Waals surface area (Å²) in [5, 5.41) is 9.66. The van der Waals surface area contributed by atoms with E-state index in [1.807, 2.05) is 26.8 Å². The quantitative estimate of drug-likeness (QED) is 0.836. The van der Waals surface area contributed by atoms with Crippen molar-refractivity contribution in [1.29, 1.82) is 0 Å². The topological polar surface area (TPSA) is 37.3 Å². The van der Waals surface area contributed by atoms with E-state index in [2.05, 4.69) is 6.58 Å². The lowest BCUT2D eigenvalue weighted by molar-refractivity contribution is 0.0702. The number of hydrogen-bond acceptors (Lipinski definition) is 2. The molecule has 0 spiro atoms. The fourth-order valence-corrected chi connectivity index (χ4v) is 1.88. The first kappa shape index (κ1) is 13.7. The zero-order chi connectivity index (χ0) is 11.8. The minimum absolute atomic E-state index is 0.362. The van der Waals surface area contributed by atoms with Crippen molar-refractivity contribution in [3.05, 3.63) is 33.3 Å². The van der Waals surface area contributed by atoms with Crippen LogP contribution in [0.5, 0.6) is 0 Å². The molecule has 0 saturated carbocycles. The molecule has 0 aliphatic carbocycles. The molecular weight excluding hydrogens is 208 g/mol. The number of thiophene rings is 1. The Morgan fingerprint density at radius 1 is 1.53 bits per heavy atom. The average Bonchev–Trinajstić information content (AvgIpc) is 2.65. The van der Waals surface area contributed by atoms with E-state index in [0.717, 1.165) is 9.75 Å². The fourth-order valence-electron chi connectivity index (χ4n) is 1.01. The molecule has 3 heteroatoms. The summed E-state index contributed by atoms with van der Waals surface area (Å²) >= 11 is 1.27. The maximum Gasteiger partial charge on any atom is 0.345 e. The van der Waals surface area contributed by atoms with Crippen LogP contribution >= 0.6 is 11.3 Å². The van der Waals surface area contributed by atoms with Crippen molar-refractivity contribution in [2.75, 3.05) is 0 Å². The molecule has 0 fully saturated rings. The highest BCUT2D eigenvalue weighted by atomic mass is 32.1. The van der Waals surface area contributed by atoms with Crippen LogP contribution in [0.2, 0.25) is 0 Å². The Balaban J connectivity index is 0.000000921. The number of carboxylic acids is 1. The summed E-state index contributed by atoms with van der Waals surface area (Å²) in [6.07, 6.45) is 5.35. The van der Waals surface area contributed by atoms with E-state index in [1.54, 1.807) is 18.2 Å². The van der Waals surface area contributed by atoms with Gasteiger partial charge in [-0.05, 0) is 18.2 Å². The van der Waals surface area contributed by atoms with E-state index in [9.17, 15) is 4.79 Å². The third kappa shape index (κ3) is 3.72. The number of carboxylic acid groups (broad SMARTS) is 1. The maximum absolute atomic E-state index is 10.6. The summed E-state index contributed by atoms with van der Waals surface area (Å²) in [5.74, 6) is -0.878. The number of hydrogen-bond donors (Lipinski definition) is 1. The Morgan fingerprint density at radius 2 is 2.13 bits per heavy atom. The number of allylic oxidation sites excluding steroid dienone is 1.